The summed E-state index contributed by atoms with van der Waals surface area (Å²) in [6, 6.07) is 6.75. The second-order valence-electron chi connectivity index (χ2n) is 5.49. The fourth-order valence-electron chi connectivity index (χ4n) is 3.07. The first-order valence-electron chi connectivity index (χ1n) is 7.44. The number of phenols is 1. The summed E-state index contributed by atoms with van der Waals surface area (Å²) in [5.74, 6) is 0.457. The maximum atomic E-state index is 9.87. The first kappa shape index (κ1) is 14.4. The molecule has 0 spiro atoms. The molecule has 1 aromatic carbocycles. The third-order valence-electron chi connectivity index (χ3n) is 4.16. The maximum absolute atomic E-state index is 9.87. The van der Waals surface area contributed by atoms with E-state index in [4.69, 9.17) is 0 Å². The van der Waals surface area contributed by atoms with E-state index in [2.05, 4.69) is 37.1 Å². The van der Waals surface area contributed by atoms with E-state index in [-0.39, 0.29) is 0 Å². The largest absolute Gasteiger partial charge is 0.508 e. The summed E-state index contributed by atoms with van der Waals surface area (Å²) < 4.78 is 0. The van der Waals surface area contributed by atoms with Gasteiger partial charge < -0.3 is 15.3 Å². The van der Waals surface area contributed by atoms with E-state index in [9.17, 15) is 5.11 Å². The highest BCUT2D eigenvalue weighted by Gasteiger charge is 2.25. The molecule has 1 aliphatic rings. The Balaban J connectivity index is 1.97. The molecule has 3 nitrogen and oxygen atoms in total. The molecule has 0 fully saturated rings. The highest BCUT2D eigenvalue weighted by atomic mass is 16.3. The van der Waals surface area contributed by atoms with Crippen molar-refractivity contribution in [1.29, 1.82) is 0 Å². The van der Waals surface area contributed by atoms with Crippen molar-refractivity contribution in [2.24, 2.45) is 0 Å². The van der Waals surface area contributed by atoms with Crippen LogP contribution in [0.3, 0.4) is 0 Å². The molecule has 1 aliphatic carbocycles. The van der Waals surface area contributed by atoms with Crippen molar-refractivity contribution in [1.82, 2.24) is 10.2 Å². The van der Waals surface area contributed by atoms with Crippen LogP contribution < -0.4 is 5.32 Å². The number of hydrogen-bond acceptors (Lipinski definition) is 3. The molecule has 0 aromatic heterocycles. The Kier molecular flexibility index (Phi) is 4.83. The fourth-order valence-corrected chi connectivity index (χ4v) is 3.07. The molecule has 3 heteroatoms. The minimum absolute atomic E-state index is 0.396. The second kappa shape index (κ2) is 6.40. The molecule has 0 radical (unpaired) electrons. The van der Waals surface area contributed by atoms with Gasteiger partial charge >= 0.3 is 0 Å². The van der Waals surface area contributed by atoms with Gasteiger partial charge in [-0.15, -0.1) is 0 Å². The predicted molar refractivity (Wildman–Crippen MR) is 79.6 cm³/mol. The number of phenolic OH excluding ortho intramolecular Hbond substituents is 1. The van der Waals surface area contributed by atoms with Gasteiger partial charge in [-0.05, 0) is 50.0 Å². The minimum atomic E-state index is 0.396. The van der Waals surface area contributed by atoms with Crippen molar-refractivity contribution in [2.45, 2.75) is 45.7 Å². The average Bonchev–Trinajstić information content (AvgIpc) is 2.81. The number of benzene rings is 1. The number of fused-ring (bicyclic) bond motifs is 1. The Morgan fingerprint density at radius 2 is 2.11 bits per heavy atom. The van der Waals surface area contributed by atoms with Crippen LogP contribution in [0.25, 0.3) is 0 Å². The molecule has 0 amide bonds. The van der Waals surface area contributed by atoms with E-state index in [1.807, 2.05) is 6.07 Å². The number of nitrogens with zero attached hydrogens (tertiary/aromatic N) is 1. The summed E-state index contributed by atoms with van der Waals surface area (Å²) in [6.07, 6.45) is 2.08. The lowest BCUT2D eigenvalue weighted by atomic mass is 10.1. The number of hydrogen-bond donors (Lipinski definition) is 2. The highest BCUT2D eigenvalue weighted by molar-refractivity contribution is 5.44. The summed E-state index contributed by atoms with van der Waals surface area (Å²) in [6.45, 7) is 9.95. The minimum Gasteiger partial charge on any atom is -0.508 e. The first-order chi connectivity index (χ1) is 9.15. The van der Waals surface area contributed by atoms with Crippen molar-refractivity contribution in [3.8, 4) is 5.75 Å². The van der Waals surface area contributed by atoms with Crippen molar-refractivity contribution in [2.75, 3.05) is 19.6 Å². The molecule has 0 saturated heterocycles. The van der Waals surface area contributed by atoms with Crippen LogP contribution in [0, 0.1) is 0 Å². The van der Waals surface area contributed by atoms with E-state index >= 15 is 0 Å². The predicted octanol–water partition coefficient (Wildman–Crippen LogP) is 2.70. The van der Waals surface area contributed by atoms with Crippen LogP contribution in [0.2, 0.25) is 0 Å². The van der Waals surface area contributed by atoms with Gasteiger partial charge in [0.05, 0.1) is 0 Å². The number of rotatable bonds is 6. The molecule has 2 rings (SSSR count). The van der Waals surface area contributed by atoms with Crippen LogP contribution in [0.15, 0.2) is 18.2 Å². The van der Waals surface area contributed by atoms with Crippen molar-refractivity contribution in [3.05, 3.63) is 29.3 Å². The molecule has 2 N–H and O–H groups in total. The summed E-state index contributed by atoms with van der Waals surface area (Å²) in [5.41, 5.74) is 2.42. The lowest BCUT2D eigenvalue weighted by Gasteiger charge is -2.26. The quantitative estimate of drug-likeness (QED) is 0.827. The highest BCUT2D eigenvalue weighted by Crippen LogP contribution is 2.36. The zero-order valence-electron chi connectivity index (χ0n) is 12.3. The SMILES string of the molecule is CCN(CC)CC(C)NC1CCc2c(O)cccc21. The monoisotopic (exact) mass is 262 g/mol. The zero-order chi connectivity index (χ0) is 13.8. The van der Waals surface area contributed by atoms with Crippen LogP contribution in [0.4, 0.5) is 0 Å². The summed E-state index contributed by atoms with van der Waals surface area (Å²) in [4.78, 5) is 2.44. The molecular formula is C16H26N2O. The third kappa shape index (κ3) is 3.28. The van der Waals surface area contributed by atoms with Gasteiger partial charge in [0.25, 0.3) is 0 Å². The second-order valence-corrected chi connectivity index (χ2v) is 5.49. The summed E-state index contributed by atoms with van der Waals surface area (Å²) in [5, 5.41) is 13.6. The van der Waals surface area contributed by atoms with Gasteiger partial charge in [-0.25, -0.2) is 0 Å². The summed E-state index contributed by atoms with van der Waals surface area (Å²) >= 11 is 0. The molecule has 1 aromatic rings. The van der Waals surface area contributed by atoms with Crippen LogP contribution in [0.5, 0.6) is 5.75 Å². The Bertz CT molecular complexity index is 415. The molecular weight excluding hydrogens is 236 g/mol. The number of aromatic hydroxyl groups is 1. The average molecular weight is 262 g/mol. The van der Waals surface area contributed by atoms with E-state index in [1.165, 1.54) is 5.56 Å². The molecule has 2 atom stereocenters. The maximum Gasteiger partial charge on any atom is 0.119 e. The lowest BCUT2D eigenvalue weighted by molar-refractivity contribution is 0.261. The fraction of sp³-hybridized carbons (Fsp3) is 0.625. The van der Waals surface area contributed by atoms with E-state index in [1.54, 1.807) is 6.07 Å². The van der Waals surface area contributed by atoms with E-state index in [0.29, 0.717) is 17.8 Å². The Hall–Kier alpha value is -1.06. The number of nitrogens with one attached hydrogen (secondary N) is 1. The van der Waals surface area contributed by atoms with Crippen molar-refractivity contribution >= 4 is 0 Å². The Labute approximate surface area is 116 Å². The van der Waals surface area contributed by atoms with Gasteiger partial charge in [0.2, 0.25) is 0 Å². The van der Waals surface area contributed by atoms with Crippen molar-refractivity contribution < 1.29 is 5.11 Å². The standard InChI is InChI=1S/C16H26N2O/c1-4-18(5-2)11-12(3)17-15-10-9-14-13(15)7-6-8-16(14)19/h6-8,12,15,17,19H,4-5,9-11H2,1-3H3. The van der Waals surface area contributed by atoms with Crippen molar-refractivity contribution in [3.63, 3.8) is 0 Å². The molecule has 106 valence electrons. The topological polar surface area (TPSA) is 35.5 Å². The number of likely N-dealkylation sites (N-methyl/N-ethyl adjacent to an activating group) is 1. The summed E-state index contributed by atoms with van der Waals surface area (Å²) in [7, 11) is 0. The van der Waals surface area contributed by atoms with E-state index in [0.717, 1.165) is 38.0 Å². The van der Waals surface area contributed by atoms with Crippen LogP contribution in [-0.4, -0.2) is 35.7 Å². The molecule has 0 heterocycles. The molecule has 19 heavy (non-hydrogen) atoms. The van der Waals surface area contributed by atoms with Crippen LogP contribution in [0.1, 0.15) is 44.4 Å². The lowest BCUT2D eigenvalue weighted by Crippen LogP contribution is -2.40. The Morgan fingerprint density at radius 1 is 1.37 bits per heavy atom. The zero-order valence-corrected chi connectivity index (χ0v) is 12.3. The van der Waals surface area contributed by atoms with Gasteiger partial charge in [0.15, 0.2) is 0 Å². The van der Waals surface area contributed by atoms with Gasteiger partial charge in [0.1, 0.15) is 5.75 Å². The van der Waals surface area contributed by atoms with Crippen LogP contribution >= 0.6 is 0 Å². The molecule has 0 aliphatic heterocycles. The van der Waals surface area contributed by atoms with Gasteiger partial charge in [0, 0.05) is 18.6 Å². The molecule has 2 unspecified atom stereocenters. The Morgan fingerprint density at radius 3 is 2.79 bits per heavy atom. The van der Waals surface area contributed by atoms with E-state index < -0.39 is 0 Å². The third-order valence-corrected chi connectivity index (χ3v) is 4.16. The molecule has 0 bridgehead atoms. The normalized spacial score (nSPS) is 19.7. The molecule has 0 saturated carbocycles. The first-order valence-corrected chi connectivity index (χ1v) is 7.44. The van der Waals surface area contributed by atoms with Gasteiger partial charge in [-0.1, -0.05) is 26.0 Å². The smallest absolute Gasteiger partial charge is 0.119 e. The van der Waals surface area contributed by atoms with Gasteiger partial charge in [-0.2, -0.15) is 0 Å². The van der Waals surface area contributed by atoms with Crippen LogP contribution in [-0.2, 0) is 6.42 Å². The van der Waals surface area contributed by atoms with Gasteiger partial charge in [-0.3, -0.25) is 0 Å².